The lowest BCUT2D eigenvalue weighted by atomic mass is 10.1. The van der Waals surface area contributed by atoms with Crippen LogP contribution < -0.4 is 9.47 Å². The molecule has 3 aromatic heterocycles. The molecule has 8 nitrogen and oxygen atoms in total. The molecule has 5 rings (SSSR count). The number of likely N-dealkylation sites (N-methyl/N-ethyl adjacent to an activating group) is 1. The van der Waals surface area contributed by atoms with E-state index in [4.69, 9.17) is 9.47 Å². The van der Waals surface area contributed by atoms with Crippen LogP contribution in [0.5, 0.6) is 11.5 Å². The third kappa shape index (κ3) is 4.12. The van der Waals surface area contributed by atoms with Crippen molar-refractivity contribution in [2.75, 3.05) is 20.4 Å². The number of carbonyl (C=O) groups excluding carboxylic acids is 1. The molecule has 1 amide bonds. The van der Waals surface area contributed by atoms with Gasteiger partial charge in [0.2, 0.25) is 6.79 Å². The van der Waals surface area contributed by atoms with Crippen LogP contribution in [-0.2, 0) is 12.6 Å². The van der Waals surface area contributed by atoms with Gasteiger partial charge >= 0.3 is 6.18 Å². The molecule has 0 fully saturated rings. The molecule has 0 N–H and O–H groups in total. The zero-order chi connectivity index (χ0) is 23.9. The molecule has 0 saturated carbocycles. The number of halogens is 3. The molecule has 174 valence electrons. The molecule has 34 heavy (non-hydrogen) atoms. The largest absolute Gasteiger partial charge is 0.454 e. The molecule has 0 atom stereocenters. The Morgan fingerprint density at radius 1 is 1.12 bits per heavy atom. The molecular weight excluding hydrogens is 451 g/mol. The lowest BCUT2D eigenvalue weighted by Crippen LogP contribution is -2.29. The van der Waals surface area contributed by atoms with E-state index in [9.17, 15) is 18.0 Å². The number of amides is 1. The second-order valence-electron chi connectivity index (χ2n) is 7.69. The van der Waals surface area contributed by atoms with Crippen molar-refractivity contribution >= 4 is 11.6 Å². The van der Waals surface area contributed by atoms with Gasteiger partial charge in [0.05, 0.1) is 5.69 Å². The highest BCUT2D eigenvalue weighted by atomic mass is 19.4. The number of rotatable bonds is 5. The predicted molar refractivity (Wildman–Crippen MR) is 114 cm³/mol. The number of hydrogen-bond donors (Lipinski definition) is 0. The molecule has 11 heteroatoms. The van der Waals surface area contributed by atoms with Crippen molar-refractivity contribution in [2.45, 2.75) is 12.6 Å². The van der Waals surface area contributed by atoms with Gasteiger partial charge in [-0.15, -0.1) is 0 Å². The van der Waals surface area contributed by atoms with E-state index < -0.39 is 17.8 Å². The fourth-order valence-corrected chi connectivity index (χ4v) is 3.61. The summed E-state index contributed by atoms with van der Waals surface area (Å²) < 4.78 is 52.8. The van der Waals surface area contributed by atoms with Crippen LogP contribution in [0.1, 0.15) is 21.9 Å². The lowest BCUT2D eigenvalue weighted by Gasteiger charge is -2.15. The average molecular weight is 469 g/mol. The minimum absolute atomic E-state index is 0.0427. The zero-order valence-corrected chi connectivity index (χ0v) is 17.9. The van der Waals surface area contributed by atoms with Crippen molar-refractivity contribution in [3.8, 4) is 22.8 Å². The normalized spacial score (nSPS) is 12.8. The van der Waals surface area contributed by atoms with E-state index >= 15 is 0 Å². The number of alkyl halides is 3. The van der Waals surface area contributed by atoms with Crippen molar-refractivity contribution in [1.82, 2.24) is 24.5 Å². The summed E-state index contributed by atoms with van der Waals surface area (Å²) in [5.41, 5.74) is 0.0135. The molecule has 0 aliphatic carbocycles. The van der Waals surface area contributed by atoms with Gasteiger partial charge in [0, 0.05) is 43.5 Å². The Morgan fingerprint density at radius 2 is 1.94 bits per heavy atom. The Balaban J connectivity index is 1.48. The SMILES string of the molecule is CN(CCc1ccccn1)C(=O)c1cc2nc(-c3ccc4c(c3)OCO4)cc(C(F)(F)F)n2n1. The van der Waals surface area contributed by atoms with Gasteiger partial charge in [0.25, 0.3) is 5.91 Å². The fraction of sp³-hybridized carbons (Fsp3) is 0.217. The molecular formula is C23H18F3N5O3. The summed E-state index contributed by atoms with van der Waals surface area (Å²) in [7, 11) is 1.56. The van der Waals surface area contributed by atoms with Gasteiger partial charge in [-0.3, -0.25) is 9.78 Å². The highest BCUT2D eigenvalue weighted by Crippen LogP contribution is 2.37. The number of fused-ring (bicyclic) bond motifs is 2. The standard InChI is InChI=1S/C23H18F3N5O3/c1-30(9-7-15-4-2-3-8-27-15)22(32)17-12-21-28-16(11-20(23(24,25)26)31(21)29-17)14-5-6-18-19(10-14)34-13-33-18/h2-6,8,10-12H,7,9,13H2,1H3. The fourth-order valence-electron chi connectivity index (χ4n) is 3.61. The molecule has 1 aliphatic rings. The van der Waals surface area contributed by atoms with Crippen LogP contribution in [0.2, 0.25) is 0 Å². The zero-order valence-electron chi connectivity index (χ0n) is 17.9. The van der Waals surface area contributed by atoms with E-state index in [1.807, 2.05) is 12.1 Å². The summed E-state index contributed by atoms with van der Waals surface area (Å²) in [5.74, 6) is 0.415. The molecule has 1 aromatic carbocycles. The van der Waals surface area contributed by atoms with Gasteiger partial charge in [-0.05, 0) is 36.4 Å². The van der Waals surface area contributed by atoms with E-state index in [1.54, 1.807) is 37.5 Å². The number of ether oxygens (including phenoxy) is 2. The van der Waals surface area contributed by atoms with Crippen molar-refractivity contribution in [2.24, 2.45) is 0 Å². The first-order valence-corrected chi connectivity index (χ1v) is 10.3. The maximum Gasteiger partial charge on any atom is 0.433 e. The maximum atomic E-state index is 13.9. The molecule has 0 bridgehead atoms. The minimum atomic E-state index is -4.72. The molecule has 4 aromatic rings. The first kappa shape index (κ1) is 21.7. The minimum Gasteiger partial charge on any atom is -0.454 e. The summed E-state index contributed by atoms with van der Waals surface area (Å²) in [4.78, 5) is 22.8. The van der Waals surface area contributed by atoms with Crippen molar-refractivity contribution < 1.29 is 27.4 Å². The topological polar surface area (TPSA) is 81.9 Å². The Hall–Kier alpha value is -4.15. The lowest BCUT2D eigenvalue weighted by molar-refractivity contribution is -0.142. The summed E-state index contributed by atoms with van der Waals surface area (Å²) >= 11 is 0. The summed E-state index contributed by atoms with van der Waals surface area (Å²) in [6.07, 6.45) is -2.57. The third-order valence-electron chi connectivity index (χ3n) is 5.38. The Labute approximate surface area is 191 Å². The highest BCUT2D eigenvalue weighted by Gasteiger charge is 2.36. The molecule has 0 spiro atoms. The van der Waals surface area contributed by atoms with Gasteiger partial charge in [0.15, 0.2) is 28.5 Å². The first-order valence-electron chi connectivity index (χ1n) is 10.3. The number of pyridine rings is 1. The van der Waals surface area contributed by atoms with Crippen LogP contribution in [-0.4, -0.2) is 50.8 Å². The molecule has 4 heterocycles. The number of aromatic nitrogens is 4. The van der Waals surface area contributed by atoms with Crippen LogP contribution in [0.4, 0.5) is 13.2 Å². The van der Waals surface area contributed by atoms with Gasteiger partial charge in [-0.25, -0.2) is 9.50 Å². The van der Waals surface area contributed by atoms with E-state index in [2.05, 4.69) is 15.1 Å². The van der Waals surface area contributed by atoms with Crippen molar-refractivity contribution in [1.29, 1.82) is 0 Å². The number of benzene rings is 1. The van der Waals surface area contributed by atoms with Crippen LogP contribution in [0.15, 0.2) is 54.7 Å². The van der Waals surface area contributed by atoms with Gasteiger partial charge < -0.3 is 14.4 Å². The van der Waals surface area contributed by atoms with Gasteiger partial charge in [0.1, 0.15) is 0 Å². The van der Waals surface area contributed by atoms with Crippen molar-refractivity contribution in [3.63, 3.8) is 0 Å². The van der Waals surface area contributed by atoms with Gasteiger partial charge in [-0.1, -0.05) is 6.07 Å². The molecule has 1 aliphatic heterocycles. The second kappa shape index (κ2) is 8.32. The van der Waals surface area contributed by atoms with Crippen LogP contribution in [0, 0.1) is 0 Å². The number of hydrogen-bond acceptors (Lipinski definition) is 6. The molecule has 0 radical (unpaired) electrons. The number of carbonyl (C=O) groups is 1. The van der Waals surface area contributed by atoms with E-state index in [-0.39, 0.29) is 23.8 Å². The quantitative estimate of drug-likeness (QED) is 0.442. The van der Waals surface area contributed by atoms with Crippen LogP contribution >= 0.6 is 0 Å². The Kier molecular flexibility index (Phi) is 5.31. The molecule has 0 saturated heterocycles. The third-order valence-corrected chi connectivity index (χ3v) is 5.38. The number of nitrogens with zero attached hydrogens (tertiary/aromatic N) is 5. The highest BCUT2D eigenvalue weighted by molar-refractivity contribution is 5.93. The van der Waals surface area contributed by atoms with Gasteiger partial charge in [-0.2, -0.15) is 18.3 Å². The smallest absolute Gasteiger partial charge is 0.433 e. The van der Waals surface area contributed by atoms with Crippen LogP contribution in [0.3, 0.4) is 0 Å². The summed E-state index contributed by atoms with van der Waals surface area (Å²) in [6.45, 7) is 0.368. The summed E-state index contributed by atoms with van der Waals surface area (Å²) in [5, 5.41) is 3.93. The van der Waals surface area contributed by atoms with Crippen molar-refractivity contribution in [3.05, 3.63) is 71.8 Å². The van der Waals surface area contributed by atoms with Crippen LogP contribution in [0.25, 0.3) is 16.9 Å². The summed E-state index contributed by atoms with van der Waals surface area (Å²) in [6, 6.07) is 12.4. The molecule has 0 unspecified atom stereocenters. The first-order chi connectivity index (χ1) is 16.3. The Morgan fingerprint density at radius 3 is 2.71 bits per heavy atom. The second-order valence-corrected chi connectivity index (χ2v) is 7.69. The predicted octanol–water partition coefficient (Wildman–Crippen LogP) is 3.85. The van der Waals surface area contributed by atoms with E-state index in [1.165, 1.54) is 11.0 Å². The maximum absolute atomic E-state index is 13.9. The van der Waals surface area contributed by atoms with E-state index in [0.29, 0.717) is 34.5 Å². The van der Waals surface area contributed by atoms with E-state index in [0.717, 1.165) is 11.8 Å². The monoisotopic (exact) mass is 469 g/mol. The average Bonchev–Trinajstić information content (AvgIpc) is 3.47. The Bertz CT molecular complexity index is 1370.